The maximum absolute atomic E-state index is 13.4. The standard InChI is InChI=1S/C13H14F5N/c14-10-4-2-5-11(15)9(10)7-8-3-1-6-12(19-8)13(16,17)18/h2,4-5,8,12,19H,1,3,6-7H2. The number of rotatable bonds is 2. The Morgan fingerprint density at radius 2 is 1.74 bits per heavy atom. The van der Waals surface area contributed by atoms with Crippen LogP contribution in [0.25, 0.3) is 0 Å². The first kappa shape index (κ1) is 14.2. The molecule has 1 nitrogen and oxygen atoms in total. The van der Waals surface area contributed by atoms with Gasteiger partial charge in [-0.3, -0.25) is 0 Å². The minimum Gasteiger partial charge on any atom is -0.303 e. The highest BCUT2D eigenvalue weighted by Crippen LogP contribution is 2.29. The maximum atomic E-state index is 13.4. The van der Waals surface area contributed by atoms with Crippen LogP contribution >= 0.6 is 0 Å². The number of hydrogen-bond acceptors (Lipinski definition) is 1. The summed E-state index contributed by atoms with van der Waals surface area (Å²) in [6.07, 6.45) is -3.48. The van der Waals surface area contributed by atoms with Crippen molar-refractivity contribution in [2.75, 3.05) is 0 Å². The van der Waals surface area contributed by atoms with E-state index in [1.165, 1.54) is 6.07 Å². The zero-order valence-electron chi connectivity index (χ0n) is 10.1. The minimum atomic E-state index is -4.31. The molecule has 0 aromatic heterocycles. The summed E-state index contributed by atoms with van der Waals surface area (Å²) in [5.41, 5.74) is -0.150. The lowest BCUT2D eigenvalue weighted by atomic mass is 9.93. The summed E-state index contributed by atoms with van der Waals surface area (Å²) in [6.45, 7) is 0. The number of piperidine rings is 1. The Hall–Kier alpha value is -1.17. The van der Waals surface area contributed by atoms with Crippen molar-refractivity contribution in [2.24, 2.45) is 0 Å². The molecule has 0 radical (unpaired) electrons. The van der Waals surface area contributed by atoms with Gasteiger partial charge in [0.2, 0.25) is 0 Å². The maximum Gasteiger partial charge on any atom is 0.403 e. The summed E-state index contributed by atoms with van der Waals surface area (Å²) in [5.74, 6) is -1.42. The van der Waals surface area contributed by atoms with Gasteiger partial charge in [0.05, 0.1) is 0 Å². The number of nitrogens with one attached hydrogen (secondary N) is 1. The van der Waals surface area contributed by atoms with E-state index in [0.29, 0.717) is 12.8 Å². The number of alkyl halides is 3. The molecule has 0 bridgehead atoms. The van der Waals surface area contributed by atoms with E-state index in [1.807, 2.05) is 0 Å². The van der Waals surface area contributed by atoms with E-state index in [0.717, 1.165) is 12.1 Å². The summed E-state index contributed by atoms with van der Waals surface area (Å²) < 4.78 is 64.7. The highest BCUT2D eigenvalue weighted by atomic mass is 19.4. The van der Waals surface area contributed by atoms with Gasteiger partial charge in [0.25, 0.3) is 0 Å². The van der Waals surface area contributed by atoms with Gasteiger partial charge in [-0.1, -0.05) is 6.07 Å². The first-order valence-electron chi connectivity index (χ1n) is 6.13. The van der Waals surface area contributed by atoms with Gasteiger partial charge in [0.15, 0.2) is 0 Å². The third-order valence-electron chi connectivity index (χ3n) is 3.39. The SMILES string of the molecule is Fc1cccc(F)c1CC1CCCC(C(F)(F)F)N1. The molecule has 1 aromatic carbocycles. The summed E-state index contributed by atoms with van der Waals surface area (Å²) in [4.78, 5) is 0. The average Bonchev–Trinajstić information content (AvgIpc) is 2.33. The van der Waals surface area contributed by atoms with E-state index in [-0.39, 0.29) is 18.4 Å². The molecule has 2 rings (SSSR count). The molecule has 0 aliphatic carbocycles. The predicted molar refractivity (Wildman–Crippen MR) is 60.7 cm³/mol. The third-order valence-corrected chi connectivity index (χ3v) is 3.39. The molecule has 2 unspecified atom stereocenters. The molecule has 106 valence electrons. The van der Waals surface area contributed by atoms with Crippen LogP contribution in [-0.2, 0) is 6.42 Å². The van der Waals surface area contributed by atoms with E-state index in [2.05, 4.69) is 5.32 Å². The van der Waals surface area contributed by atoms with Crippen LogP contribution in [0.15, 0.2) is 18.2 Å². The van der Waals surface area contributed by atoms with Crippen LogP contribution in [0.5, 0.6) is 0 Å². The second-order valence-electron chi connectivity index (χ2n) is 4.79. The van der Waals surface area contributed by atoms with E-state index >= 15 is 0 Å². The molecule has 1 aliphatic rings. The van der Waals surface area contributed by atoms with Gasteiger partial charge in [-0.2, -0.15) is 13.2 Å². The van der Waals surface area contributed by atoms with Crippen molar-refractivity contribution in [3.8, 4) is 0 Å². The number of benzene rings is 1. The Kier molecular flexibility index (Phi) is 4.08. The molecule has 6 heteroatoms. The summed E-state index contributed by atoms with van der Waals surface area (Å²) in [6, 6.07) is 1.33. The van der Waals surface area contributed by atoms with Crippen LogP contribution in [-0.4, -0.2) is 18.3 Å². The monoisotopic (exact) mass is 279 g/mol. The molecule has 1 N–H and O–H groups in total. The molecule has 1 saturated heterocycles. The van der Waals surface area contributed by atoms with Crippen molar-refractivity contribution in [1.29, 1.82) is 0 Å². The van der Waals surface area contributed by atoms with Gasteiger partial charge in [-0.05, 0) is 37.8 Å². The normalized spacial score (nSPS) is 24.5. The molecule has 1 fully saturated rings. The van der Waals surface area contributed by atoms with Crippen molar-refractivity contribution < 1.29 is 22.0 Å². The Morgan fingerprint density at radius 1 is 1.11 bits per heavy atom. The molecule has 0 saturated carbocycles. The van der Waals surface area contributed by atoms with Gasteiger partial charge in [-0.15, -0.1) is 0 Å². The van der Waals surface area contributed by atoms with Crippen molar-refractivity contribution in [3.05, 3.63) is 35.4 Å². The molecule has 1 heterocycles. The van der Waals surface area contributed by atoms with Gasteiger partial charge >= 0.3 is 6.18 Å². The summed E-state index contributed by atoms with van der Waals surface area (Å²) in [5, 5.41) is 2.44. The Bertz CT molecular complexity index is 423. The molecule has 2 atom stereocenters. The molecular formula is C13H14F5N. The molecule has 1 aromatic rings. The lowest BCUT2D eigenvalue weighted by Gasteiger charge is -2.32. The lowest BCUT2D eigenvalue weighted by molar-refractivity contribution is -0.163. The smallest absolute Gasteiger partial charge is 0.303 e. The van der Waals surface area contributed by atoms with Gasteiger partial charge in [-0.25, -0.2) is 8.78 Å². The fraction of sp³-hybridized carbons (Fsp3) is 0.538. The first-order valence-corrected chi connectivity index (χ1v) is 6.13. The first-order chi connectivity index (χ1) is 8.88. The molecular weight excluding hydrogens is 265 g/mol. The second-order valence-corrected chi connectivity index (χ2v) is 4.79. The largest absolute Gasteiger partial charge is 0.403 e. The Balaban J connectivity index is 2.07. The van der Waals surface area contributed by atoms with Crippen molar-refractivity contribution in [1.82, 2.24) is 5.32 Å². The van der Waals surface area contributed by atoms with Crippen LogP contribution in [0.2, 0.25) is 0 Å². The number of halogens is 5. The fourth-order valence-corrected chi connectivity index (χ4v) is 2.41. The predicted octanol–water partition coefficient (Wildman–Crippen LogP) is 3.58. The topological polar surface area (TPSA) is 12.0 Å². The van der Waals surface area contributed by atoms with Crippen molar-refractivity contribution in [3.63, 3.8) is 0 Å². The van der Waals surface area contributed by atoms with E-state index in [1.54, 1.807) is 0 Å². The summed E-state index contributed by atoms with van der Waals surface area (Å²) in [7, 11) is 0. The molecule has 0 spiro atoms. The third kappa shape index (κ3) is 3.43. The summed E-state index contributed by atoms with van der Waals surface area (Å²) >= 11 is 0. The van der Waals surface area contributed by atoms with Crippen LogP contribution < -0.4 is 5.32 Å². The van der Waals surface area contributed by atoms with Gasteiger partial charge < -0.3 is 5.32 Å². The zero-order chi connectivity index (χ0) is 14.0. The molecule has 19 heavy (non-hydrogen) atoms. The van der Waals surface area contributed by atoms with E-state index in [9.17, 15) is 22.0 Å². The van der Waals surface area contributed by atoms with Crippen molar-refractivity contribution in [2.45, 2.75) is 43.9 Å². The zero-order valence-corrected chi connectivity index (χ0v) is 10.1. The Morgan fingerprint density at radius 3 is 2.32 bits per heavy atom. The van der Waals surface area contributed by atoms with Gasteiger partial charge in [0, 0.05) is 11.6 Å². The second kappa shape index (κ2) is 5.45. The van der Waals surface area contributed by atoms with E-state index in [4.69, 9.17) is 0 Å². The highest BCUT2D eigenvalue weighted by molar-refractivity contribution is 5.21. The van der Waals surface area contributed by atoms with Crippen LogP contribution in [0, 0.1) is 11.6 Å². The van der Waals surface area contributed by atoms with Crippen molar-refractivity contribution >= 4 is 0 Å². The molecule has 0 amide bonds. The van der Waals surface area contributed by atoms with Crippen LogP contribution in [0.4, 0.5) is 22.0 Å². The quantitative estimate of drug-likeness (QED) is 0.816. The fourth-order valence-electron chi connectivity index (χ4n) is 2.41. The lowest BCUT2D eigenvalue weighted by Crippen LogP contribution is -2.51. The molecule has 1 aliphatic heterocycles. The van der Waals surface area contributed by atoms with Crippen LogP contribution in [0.1, 0.15) is 24.8 Å². The minimum absolute atomic E-state index is 0.0136. The van der Waals surface area contributed by atoms with Crippen LogP contribution in [0.3, 0.4) is 0 Å². The van der Waals surface area contributed by atoms with Gasteiger partial charge in [0.1, 0.15) is 17.7 Å². The Labute approximate surface area is 107 Å². The average molecular weight is 279 g/mol. The number of hydrogen-bond donors (Lipinski definition) is 1. The highest BCUT2D eigenvalue weighted by Gasteiger charge is 2.42. The van der Waals surface area contributed by atoms with E-state index < -0.39 is 29.9 Å².